The summed E-state index contributed by atoms with van der Waals surface area (Å²) >= 11 is 0. The van der Waals surface area contributed by atoms with Gasteiger partial charge < -0.3 is 4.74 Å². The van der Waals surface area contributed by atoms with Gasteiger partial charge in [0.05, 0.1) is 6.61 Å². The molecule has 0 atom stereocenters. The normalized spacial score (nSPS) is 11.0. The minimum atomic E-state index is -0.252. The van der Waals surface area contributed by atoms with Crippen molar-refractivity contribution < 1.29 is 9.53 Å². The van der Waals surface area contributed by atoms with Gasteiger partial charge >= 0.3 is 5.97 Å². The van der Waals surface area contributed by atoms with Crippen molar-refractivity contribution in [1.29, 1.82) is 0 Å². The zero-order chi connectivity index (χ0) is 21.4. The summed E-state index contributed by atoms with van der Waals surface area (Å²) in [6.07, 6.45) is 29.1. The number of hydrogen-bond donors (Lipinski definition) is 0. The average Bonchev–Trinajstić information content (AvgIpc) is 2.71. The summed E-state index contributed by atoms with van der Waals surface area (Å²) in [5, 5.41) is 0. The second kappa shape index (κ2) is 23.5. The van der Waals surface area contributed by atoms with E-state index < -0.39 is 0 Å². The number of unbranched alkanes of at least 4 members (excludes halogenated alkanes) is 20. The molecule has 29 heavy (non-hydrogen) atoms. The molecule has 172 valence electrons. The van der Waals surface area contributed by atoms with Crippen molar-refractivity contribution in [3.8, 4) is 0 Å². The first-order chi connectivity index (χ1) is 14.2. The summed E-state index contributed by atoms with van der Waals surface area (Å²) in [4.78, 5) is 11.2. The van der Waals surface area contributed by atoms with E-state index in [4.69, 9.17) is 4.74 Å². The molecule has 0 aliphatic carbocycles. The van der Waals surface area contributed by atoms with E-state index in [2.05, 4.69) is 13.5 Å². The minimum absolute atomic E-state index is 0.252. The Morgan fingerprint density at radius 3 is 1.10 bits per heavy atom. The van der Waals surface area contributed by atoms with Gasteiger partial charge in [-0.1, -0.05) is 142 Å². The number of ether oxygens (including phenoxy) is 1. The standard InChI is InChI=1S/C27H52O2/c1-4-5-6-7-8-9-10-11-12-13-14-15-16-17-18-19-20-21-22-23-24-25-29-27(28)26(2)3/h2,4-25H2,1,3H3. The van der Waals surface area contributed by atoms with Gasteiger partial charge in [0.15, 0.2) is 0 Å². The third kappa shape index (κ3) is 23.4. The molecular weight excluding hydrogens is 356 g/mol. The molecule has 0 saturated heterocycles. The van der Waals surface area contributed by atoms with Gasteiger partial charge in [-0.15, -0.1) is 0 Å². The fourth-order valence-electron chi connectivity index (χ4n) is 3.82. The van der Waals surface area contributed by atoms with E-state index in [1.165, 1.54) is 128 Å². The van der Waals surface area contributed by atoms with E-state index in [0.29, 0.717) is 12.2 Å². The lowest BCUT2D eigenvalue weighted by Gasteiger charge is -2.05. The van der Waals surface area contributed by atoms with Crippen molar-refractivity contribution in [2.75, 3.05) is 6.61 Å². The molecule has 0 saturated carbocycles. The Hall–Kier alpha value is -0.790. The molecule has 0 amide bonds. The summed E-state index contributed by atoms with van der Waals surface area (Å²) in [5.41, 5.74) is 0.494. The van der Waals surface area contributed by atoms with Crippen LogP contribution in [0.1, 0.15) is 149 Å². The van der Waals surface area contributed by atoms with Gasteiger partial charge in [-0.3, -0.25) is 0 Å². The van der Waals surface area contributed by atoms with Crippen molar-refractivity contribution >= 4 is 5.97 Å². The number of rotatable bonds is 23. The molecule has 0 aromatic rings. The zero-order valence-electron chi connectivity index (χ0n) is 20.1. The van der Waals surface area contributed by atoms with Crippen LogP contribution in [0.25, 0.3) is 0 Å². The first kappa shape index (κ1) is 28.2. The number of esters is 1. The van der Waals surface area contributed by atoms with Crippen LogP contribution in [0.15, 0.2) is 12.2 Å². The quantitative estimate of drug-likeness (QED) is 0.0956. The fraction of sp³-hybridized carbons (Fsp3) is 0.889. The van der Waals surface area contributed by atoms with Crippen LogP contribution in [0, 0.1) is 0 Å². The Bertz CT molecular complexity index is 362. The van der Waals surface area contributed by atoms with Gasteiger partial charge in [-0.25, -0.2) is 4.79 Å². The van der Waals surface area contributed by atoms with E-state index in [9.17, 15) is 4.79 Å². The topological polar surface area (TPSA) is 26.3 Å². The van der Waals surface area contributed by atoms with Gasteiger partial charge in [-0.2, -0.15) is 0 Å². The van der Waals surface area contributed by atoms with Crippen LogP contribution in [0.4, 0.5) is 0 Å². The molecule has 0 rings (SSSR count). The third-order valence-electron chi connectivity index (χ3n) is 5.83. The van der Waals surface area contributed by atoms with Crippen LogP contribution in [0.5, 0.6) is 0 Å². The maximum atomic E-state index is 11.2. The molecule has 2 heteroatoms. The molecule has 0 spiro atoms. The highest BCUT2D eigenvalue weighted by Crippen LogP contribution is 2.15. The maximum absolute atomic E-state index is 11.2. The molecule has 0 bridgehead atoms. The van der Waals surface area contributed by atoms with Crippen LogP contribution in [-0.2, 0) is 9.53 Å². The summed E-state index contributed by atoms with van der Waals surface area (Å²) in [6, 6.07) is 0. The summed E-state index contributed by atoms with van der Waals surface area (Å²) in [6.45, 7) is 8.12. The molecule has 0 aliphatic heterocycles. The van der Waals surface area contributed by atoms with Crippen LogP contribution in [0.2, 0.25) is 0 Å². The van der Waals surface area contributed by atoms with E-state index in [1.807, 2.05) is 0 Å². The SMILES string of the molecule is C=C(C)C(=O)OCCCCCCCCCCCCCCCCCCCCCCC. The highest BCUT2D eigenvalue weighted by molar-refractivity contribution is 5.86. The van der Waals surface area contributed by atoms with Gasteiger partial charge in [-0.05, 0) is 13.3 Å². The van der Waals surface area contributed by atoms with Crippen LogP contribution < -0.4 is 0 Å². The lowest BCUT2D eigenvalue weighted by molar-refractivity contribution is -0.139. The van der Waals surface area contributed by atoms with Gasteiger partial charge in [0.1, 0.15) is 0 Å². The monoisotopic (exact) mass is 408 g/mol. The Balaban J connectivity index is 3.05. The largest absolute Gasteiger partial charge is 0.462 e. The van der Waals surface area contributed by atoms with Crippen molar-refractivity contribution in [3.05, 3.63) is 12.2 Å². The predicted octanol–water partition coefficient (Wildman–Crippen LogP) is 9.32. The molecule has 0 aliphatic rings. The number of hydrogen-bond acceptors (Lipinski definition) is 2. The van der Waals surface area contributed by atoms with Crippen molar-refractivity contribution in [1.82, 2.24) is 0 Å². The molecular formula is C27H52O2. The van der Waals surface area contributed by atoms with Crippen molar-refractivity contribution in [2.24, 2.45) is 0 Å². The molecule has 0 aromatic heterocycles. The third-order valence-corrected chi connectivity index (χ3v) is 5.83. The van der Waals surface area contributed by atoms with Crippen LogP contribution in [-0.4, -0.2) is 12.6 Å². The number of carbonyl (C=O) groups is 1. The molecule has 0 aromatic carbocycles. The highest BCUT2D eigenvalue weighted by Gasteiger charge is 2.01. The summed E-state index contributed by atoms with van der Waals surface area (Å²) < 4.78 is 5.11. The number of carbonyl (C=O) groups excluding carboxylic acids is 1. The molecule has 0 radical (unpaired) electrons. The second-order valence-electron chi connectivity index (χ2n) is 8.99. The molecule has 0 fully saturated rings. The fourth-order valence-corrected chi connectivity index (χ4v) is 3.82. The second-order valence-corrected chi connectivity index (χ2v) is 8.99. The summed E-state index contributed by atoms with van der Waals surface area (Å²) in [7, 11) is 0. The van der Waals surface area contributed by atoms with Gasteiger partial charge in [0, 0.05) is 5.57 Å². The average molecular weight is 409 g/mol. The Kier molecular flexibility index (Phi) is 22.8. The molecule has 2 nitrogen and oxygen atoms in total. The van der Waals surface area contributed by atoms with E-state index in [1.54, 1.807) is 6.92 Å². The van der Waals surface area contributed by atoms with Gasteiger partial charge in [0.25, 0.3) is 0 Å². The smallest absolute Gasteiger partial charge is 0.333 e. The van der Waals surface area contributed by atoms with Crippen molar-refractivity contribution in [3.63, 3.8) is 0 Å². The lowest BCUT2D eigenvalue weighted by Crippen LogP contribution is -2.05. The van der Waals surface area contributed by atoms with E-state index in [0.717, 1.165) is 6.42 Å². The van der Waals surface area contributed by atoms with Gasteiger partial charge in [0.2, 0.25) is 0 Å². The van der Waals surface area contributed by atoms with E-state index >= 15 is 0 Å². The highest BCUT2D eigenvalue weighted by atomic mass is 16.5. The summed E-state index contributed by atoms with van der Waals surface area (Å²) in [5.74, 6) is -0.252. The van der Waals surface area contributed by atoms with Crippen molar-refractivity contribution in [2.45, 2.75) is 149 Å². The maximum Gasteiger partial charge on any atom is 0.333 e. The zero-order valence-corrected chi connectivity index (χ0v) is 20.1. The van der Waals surface area contributed by atoms with Crippen LogP contribution >= 0.6 is 0 Å². The molecule has 0 heterocycles. The first-order valence-electron chi connectivity index (χ1n) is 13.0. The first-order valence-corrected chi connectivity index (χ1v) is 13.0. The Labute approximate surface area is 183 Å². The minimum Gasteiger partial charge on any atom is -0.462 e. The Morgan fingerprint density at radius 1 is 0.552 bits per heavy atom. The molecule has 0 N–H and O–H groups in total. The van der Waals surface area contributed by atoms with E-state index in [-0.39, 0.29) is 5.97 Å². The van der Waals surface area contributed by atoms with Crippen LogP contribution in [0.3, 0.4) is 0 Å². The Morgan fingerprint density at radius 2 is 0.828 bits per heavy atom. The lowest BCUT2D eigenvalue weighted by atomic mass is 10.0. The predicted molar refractivity (Wildman–Crippen MR) is 128 cm³/mol. The molecule has 0 unspecified atom stereocenters.